The van der Waals surface area contributed by atoms with Gasteiger partial charge in [-0.2, -0.15) is 0 Å². The van der Waals surface area contributed by atoms with Gasteiger partial charge >= 0.3 is 5.97 Å². The van der Waals surface area contributed by atoms with Crippen LogP contribution < -0.4 is 5.32 Å². The molecule has 2 rings (SSSR count). The molecule has 0 aliphatic carbocycles. The van der Waals surface area contributed by atoms with E-state index in [2.05, 4.69) is 15.4 Å². The first-order valence-corrected chi connectivity index (χ1v) is 6.70. The minimum Gasteiger partial charge on any atom is -0.478 e. The number of aromatic carboxylic acids is 1. The van der Waals surface area contributed by atoms with Crippen LogP contribution in [0.1, 0.15) is 41.7 Å². The molecule has 1 amide bonds. The first-order valence-electron chi connectivity index (χ1n) is 5.82. The van der Waals surface area contributed by atoms with E-state index in [-0.39, 0.29) is 16.9 Å². The van der Waals surface area contributed by atoms with Gasteiger partial charge in [0, 0.05) is 5.38 Å². The number of thiophene rings is 1. The van der Waals surface area contributed by atoms with Crippen molar-refractivity contribution in [2.45, 2.75) is 26.3 Å². The van der Waals surface area contributed by atoms with E-state index in [1.54, 1.807) is 4.68 Å². The van der Waals surface area contributed by atoms with E-state index in [4.69, 9.17) is 5.11 Å². The van der Waals surface area contributed by atoms with E-state index >= 15 is 0 Å². The van der Waals surface area contributed by atoms with Crippen LogP contribution in [0.5, 0.6) is 0 Å². The number of aromatic nitrogens is 3. The minimum atomic E-state index is -1.03. The van der Waals surface area contributed by atoms with Crippen molar-refractivity contribution < 1.29 is 14.7 Å². The van der Waals surface area contributed by atoms with Gasteiger partial charge in [0.05, 0.1) is 16.1 Å². The molecule has 2 N–H and O–H groups in total. The second-order valence-corrected chi connectivity index (χ2v) is 6.05. The van der Waals surface area contributed by atoms with E-state index in [9.17, 15) is 9.59 Å². The Morgan fingerprint density at radius 1 is 1.40 bits per heavy atom. The van der Waals surface area contributed by atoms with E-state index in [1.165, 1.54) is 17.8 Å². The van der Waals surface area contributed by atoms with Crippen LogP contribution in [0.2, 0.25) is 0 Å². The van der Waals surface area contributed by atoms with E-state index in [0.29, 0.717) is 5.00 Å². The van der Waals surface area contributed by atoms with Crippen LogP contribution in [0.15, 0.2) is 17.8 Å². The zero-order chi connectivity index (χ0) is 14.9. The molecule has 7 nitrogen and oxygen atoms in total. The van der Waals surface area contributed by atoms with Gasteiger partial charge in [0.2, 0.25) is 5.82 Å². The lowest BCUT2D eigenvalue weighted by Crippen LogP contribution is -2.23. The maximum absolute atomic E-state index is 11.9. The molecule has 0 atom stereocenters. The monoisotopic (exact) mass is 294 g/mol. The second kappa shape index (κ2) is 5.04. The molecule has 0 radical (unpaired) electrons. The summed E-state index contributed by atoms with van der Waals surface area (Å²) in [6.07, 6.45) is 1.49. The van der Waals surface area contributed by atoms with Crippen LogP contribution >= 0.6 is 11.3 Å². The Hall–Kier alpha value is -2.22. The smallest absolute Gasteiger partial charge is 0.336 e. The van der Waals surface area contributed by atoms with E-state index in [1.807, 2.05) is 20.8 Å². The fraction of sp³-hybridized carbons (Fsp3) is 0.333. The molecule has 0 fully saturated rings. The summed E-state index contributed by atoms with van der Waals surface area (Å²) in [7, 11) is 0. The fourth-order valence-electron chi connectivity index (χ4n) is 1.37. The summed E-state index contributed by atoms with van der Waals surface area (Å²) in [6.45, 7) is 5.84. The Balaban J connectivity index is 2.11. The molecule has 8 heteroatoms. The third kappa shape index (κ3) is 3.02. The maximum Gasteiger partial charge on any atom is 0.336 e. The van der Waals surface area contributed by atoms with Crippen LogP contribution in [0.3, 0.4) is 0 Å². The van der Waals surface area contributed by atoms with Gasteiger partial charge in [-0.15, -0.1) is 16.4 Å². The SMILES string of the molecule is CC(C)(C)n1cnc(C(=O)Nc2cc(C(=O)O)cs2)n1. The van der Waals surface area contributed by atoms with Crippen molar-refractivity contribution in [3.63, 3.8) is 0 Å². The number of hydrogen-bond donors (Lipinski definition) is 2. The standard InChI is InChI=1S/C12H14N4O3S/c1-12(2,3)16-6-13-9(15-16)10(17)14-8-4-7(5-20-8)11(18)19/h4-6H,1-3H3,(H,14,17)(H,18,19). The van der Waals surface area contributed by atoms with Crippen molar-refractivity contribution in [3.8, 4) is 0 Å². The zero-order valence-corrected chi connectivity index (χ0v) is 12.1. The number of carboxylic acids is 1. The van der Waals surface area contributed by atoms with E-state index in [0.717, 1.165) is 11.3 Å². The molecule has 0 aliphatic rings. The Bertz CT molecular complexity index is 654. The predicted octanol–water partition coefficient (Wildman–Crippen LogP) is 2.05. The molecule has 0 spiro atoms. The van der Waals surface area contributed by atoms with Gasteiger partial charge < -0.3 is 10.4 Å². The average Bonchev–Trinajstić information content (AvgIpc) is 2.95. The van der Waals surface area contributed by atoms with Crippen LogP contribution in [0, 0.1) is 0 Å². The number of nitrogens with zero attached hydrogens (tertiary/aromatic N) is 3. The summed E-state index contributed by atoms with van der Waals surface area (Å²) in [5, 5.41) is 17.4. The Kier molecular flexibility index (Phi) is 3.58. The summed E-state index contributed by atoms with van der Waals surface area (Å²) >= 11 is 1.14. The third-order valence-corrected chi connectivity index (χ3v) is 3.31. The first kappa shape index (κ1) is 14.2. The molecule has 2 aromatic rings. The van der Waals surface area contributed by atoms with Gasteiger partial charge in [-0.05, 0) is 26.8 Å². The van der Waals surface area contributed by atoms with E-state index < -0.39 is 11.9 Å². The molecule has 0 aromatic carbocycles. The molecule has 0 bridgehead atoms. The molecule has 0 saturated heterocycles. The van der Waals surface area contributed by atoms with Crippen molar-refractivity contribution in [1.82, 2.24) is 14.8 Å². The highest BCUT2D eigenvalue weighted by molar-refractivity contribution is 7.14. The number of carboxylic acid groups (broad SMARTS) is 1. The normalized spacial score (nSPS) is 11.3. The summed E-state index contributed by atoms with van der Waals surface area (Å²) in [5.74, 6) is -1.45. The topological polar surface area (TPSA) is 97.1 Å². The van der Waals surface area contributed by atoms with Crippen LogP contribution in [-0.2, 0) is 5.54 Å². The van der Waals surface area contributed by atoms with Crippen molar-refractivity contribution >= 4 is 28.2 Å². The molecular formula is C12H14N4O3S. The van der Waals surface area contributed by atoms with Crippen LogP contribution in [0.25, 0.3) is 0 Å². The lowest BCUT2D eigenvalue weighted by Gasteiger charge is -2.17. The summed E-state index contributed by atoms with van der Waals surface area (Å²) < 4.78 is 1.60. The third-order valence-electron chi connectivity index (χ3n) is 2.47. The second-order valence-electron chi connectivity index (χ2n) is 5.14. The Labute approximate surface area is 119 Å². The number of anilines is 1. The molecule has 2 heterocycles. The van der Waals surface area contributed by atoms with Gasteiger partial charge in [0.1, 0.15) is 6.33 Å². The van der Waals surface area contributed by atoms with Crippen LogP contribution in [0.4, 0.5) is 5.00 Å². The van der Waals surface area contributed by atoms with Gasteiger partial charge in [0.25, 0.3) is 5.91 Å². The van der Waals surface area contributed by atoms with Gasteiger partial charge in [0.15, 0.2) is 0 Å². The van der Waals surface area contributed by atoms with Crippen molar-refractivity contribution in [2.75, 3.05) is 5.32 Å². The lowest BCUT2D eigenvalue weighted by atomic mass is 10.1. The number of nitrogens with one attached hydrogen (secondary N) is 1. The molecule has 20 heavy (non-hydrogen) atoms. The summed E-state index contributed by atoms with van der Waals surface area (Å²) in [6, 6.07) is 1.39. The maximum atomic E-state index is 11.9. The highest BCUT2D eigenvalue weighted by Crippen LogP contribution is 2.21. The number of hydrogen-bond acceptors (Lipinski definition) is 5. The molecule has 106 valence electrons. The predicted molar refractivity (Wildman–Crippen MR) is 74.2 cm³/mol. The lowest BCUT2D eigenvalue weighted by molar-refractivity contribution is 0.0697. The number of carbonyl (C=O) groups excluding carboxylic acids is 1. The Morgan fingerprint density at radius 3 is 2.60 bits per heavy atom. The zero-order valence-electron chi connectivity index (χ0n) is 11.2. The molecule has 0 saturated carbocycles. The van der Waals surface area contributed by atoms with Crippen molar-refractivity contribution in [1.29, 1.82) is 0 Å². The molecule has 0 unspecified atom stereocenters. The quantitative estimate of drug-likeness (QED) is 0.903. The van der Waals surface area contributed by atoms with Crippen molar-refractivity contribution in [3.05, 3.63) is 29.2 Å². The Morgan fingerprint density at radius 2 is 2.10 bits per heavy atom. The molecule has 0 aliphatic heterocycles. The molecular weight excluding hydrogens is 280 g/mol. The van der Waals surface area contributed by atoms with Crippen molar-refractivity contribution in [2.24, 2.45) is 0 Å². The van der Waals surface area contributed by atoms with Gasteiger partial charge in [-0.25, -0.2) is 14.5 Å². The highest BCUT2D eigenvalue weighted by atomic mass is 32.1. The van der Waals surface area contributed by atoms with Crippen LogP contribution in [-0.4, -0.2) is 31.7 Å². The number of amides is 1. The number of carbonyl (C=O) groups is 2. The average molecular weight is 294 g/mol. The number of rotatable bonds is 3. The molecule has 2 aromatic heterocycles. The van der Waals surface area contributed by atoms with Gasteiger partial charge in [-0.3, -0.25) is 4.79 Å². The highest BCUT2D eigenvalue weighted by Gasteiger charge is 2.19. The fourth-order valence-corrected chi connectivity index (χ4v) is 2.14. The summed E-state index contributed by atoms with van der Waals surface area (Å²) in [4.78, 5) is 26.6. The largest absolute Gasteiger partial charge is 0.478 e. The van der Waals surface area contributed by atoms with Gasteiger partial charge in [-0.1, -0.05) is 0 Å². The summed E-state index contributed by atoms with van der Waals surface area (Å²) in [5.41, 5.74) is -0.122. The first-order chi connectivity index (χ1) is 9.27. The minimum absolute atomic E-state index is 0.0465.